The maximum absolute atomic E-state index is 13.3. The van der Waals surface area contributed by atoms with E-state index >= 15 is 0 Å². The summed E-state index contributed by atoms with van der Waals surface area (Å²) in [6.45, 7) is 1.63. The Balaban J connectivity index is 2.43. The molecular weight excluding hydrogens is 297 g/mol. The van der Waals surface area contributed by atoms with E-state index in [0.29, 0.717) is 5.69 Å². The molecule has 2 rings (SSSR count). The van der Waals surface area contributed by atoms with Crippen molar-refractivity contribution in [2.45, 2.75) is 11.8 Å². The molecule has 2 aromatic rings. The third kappa shape index (κ3) is 3.41. The monoisotopic (exact) mass is 309 g/mol. The zero-order valence-corrected chi connectivity index (χ0v) is 11.8. The van der Waals surface area contributed by atoms with Crippen molar-refractivity contribution in [2.24, 2.45) is 5.14 Å². The molecule has 0 aliphatic heterocycles. The lowest BCUT2D eigenvalue weighted by Crippen LogP contribution is -2.19. The molecule has 21 heavy (non-hydrogen) atoms. The zero-order valence-electron chi connectivity index (χ0n) is 11.0. The van der Waals surface area contributed by atoms with Crippen LogP contribution in [-0.4, -0.2) is 19.3 Å². The van der Waals surface area contributed by atoms with Crippen LogP contribution in [-0.2, 0) is 10.0 Å². The number of halogens is 1. The first kappa shape index (κ1) is 15.1. The highest BCUT2D eigenvalue weighted by Crippen LogP contribution is 2.22. The van der Waals surface area contributed by atoms with Crippen LogP contribution in [0.3, 0.4) is 0 Å². The van der Waals surface area contributed by atoms with Gasteiger partial charge in [0.2, 0.25) is 10.0 Å². The molecule has 110 valence electrons. The van der Waals surface area contributed by atoms with Crippen LogP contribution in [0, 0.1) is 12.7 Å². The lowest BCUT2D eigenvalue weighted by atomic mass is 10.2. The third-order valence-electron chi connectivity index (χ3n) is 2.75. The minimum atomic E-state index is -4.09. The van der Waals surface area contributed by atoms with Gasteiger partial charge in [-0.25, -0.2) is 17.9 Å². The number of aromatic nitrogens is 1. The Morgan fingerprint density at radius 2 is 2.05 bits per heavy atom. The fourth-order valence-electron chi connectivity index (χ4n) is 1.76. The standard InChI is InChI=1S/C13H12FN3O3S/c1-8-10(3-2-6-16-8)13(18)17-11-7-9(14)4-5-12(11)21(15,19)20/h2-7H,1H3,(H,17,18)(H2,15,19,20). The predicted molar refractivity (Wildman–Crippen MR) is 74.7 cm³/mol. The van der Waals surface area contributed by atoms with E-state index < -0.39 is 21.7 Å². The van der Waals surface area contributed by atoms with Gasteiger partial charge < -0.3 is 5.32 Å². The molecule has 6 nitrogen and oxygen atoms in total. The largest absolute Gasteiger partial charge is 0.321 e. The number of hydrogen-bond acceptors (Lipinski definition) is 4. The Kier molecular flexibility index (Phi) is 4.01. The van der Waals surface area contributed by atoms with Crippen LogP contribution in [0.25, 0.3) is 0 Å². The number of nitrogens with zero attached hydrogens (tertiary/aromatic N) is 1. The van der Waals surface area contributed by atoms with E-state index in [-0.39, 0.29) is 16.1 Å². The van der Waals surface area contributed by atoms with Crippen molar-refractivity contribution < 1.29 is 17.6 Å². The van der Waals surface area contributed by atoms with Crippen LogP contribution in [0.5, 0.6) is 0 Å². The van der Waals surface area contributed by atoms with E-state index in [4.69, 9.17) is 5.14 Å². The van der Waals surface area contributed by atoms with Crippen LogP contribution in [0.15, 0.2) is 41.4 Å². The van der Waals surface area contributed by atoms with E-state index in [2.05, 4.69) is 10.3 Å². The van der Waals surface area contributed by atoms with Gasteiger partial charge in [0.25, 0.3) is 5.91 Å². The number of rotatable bonds is 3. The van der Waals surface area contributed by atoms with E-state index in [9.17, 15) is 17.6 Å². The summed E-state index contributed by atoms with van der Waals surface area (Å²) in [6, 6.07) is 5.92. The first-order valence-corrected chi connectivity index (χ1v) is 7.39. The number of benzene rings is 1. The Labute approximate surface area is 120 Å². The lowest BCUT2D eigenvalue weighted by Gasteiger charge is -2.10. The van der Waals surface area contributed by atoms with Gasteiger partial charge in [-0.2, -0.15) is 0 Å². The van der Waals surface area contributed by atoms with Crippen LogP contribution < -0.4 is 10.5 Å². The summed E-state index contributed by atoms with van der Waals surface area (Å²) in [7, 11) is -4.09. The molecule has 1 amide bonds. The quantitative estimate of drug-likeness (QED) is 0.895. The van der Waals surface area contributed by atoms with E-state index in [1.165, 1.54) is 12.3 Å². The highest BCUT2D eigenvalue weighted by atomic mass is 32.2. The smallest absolute Gasteiger partial charge is 0.257 e. The van der Waals surface area contributed by atoms with E-state index in [1.807, 2.05) is 0 Å². The molecule has 1 heterocycles. The Hall–Kier alpha value is -2.32. The number of anilines is 1. The summed E-state index contributed by atoms with van der Waals surface area (Å²) in [6.07, 6.45) is 1.52. The van der Waals surface area contributed by atoms with Crippen LogP contribution in [0.1, 0.15) is 16.1 Å². The normalized spacial score (nSPS) is 11.2. The number of aryl methyl sites for hydroxylation is 1. The molecule has 0 saturated heterocycles. The molecule has 0 unspecified atom stereocenters. The van der Waals surface area contributed by atoms with Crippen molar-refractivity contribution >= 4 is 21.6 Å². The molecule has 0 bridgehead atoms. The molecule has 0 radical (unpaired) electrons. The van der Waals surface area contributed by atoms with Crippen LogP contribution >= 0.6 is 0 Å². The molecule has 1 aromatic carbocycles. The second-order valence-corrected chi connectivity index (χ2v) is 5.81. The number of hydrogen-bond donors (Lipinski definition) is 2. The van der Waals surface area contributed by atoms with Crippen molar-refractivity contribution in [3.05, 3.63) is 53.6 Å². The van der Waals surface area contributed by atoms with Crippen LogP contribution in [0.2, 0.25) is 0 Å². The summed E-state index contributed by atoms with van der Waals surface area (Å²) in [4.78, 5) is 15.7. The Morgan fingerprint density at radius 3 is 2.67 bits per heavy atom. The molecule has 0 aliphatic rings. The molecule has 0 saturated carbocycles. The highest BCUT2D eigenvalue weighted by Gasteiger charge is 2.18. The third-order valence-corrected chi connectivity index (χ3v) is 3.72. The maximum Gasteiger partial charge on any atom is 0.257 e. The van der Waals surface area contributed by atoms with Crippen LogP contribution in [0.4, 0.5) is 10.1 Å². The molecule has 3 N–H and O–H groups in total. The second kappa shape index (κ2) is 5.58. The minimum Gasteiger partial charge on any atom is -0.321 e. The molecule has 8 heteroatoms. The highest BCUT2D eigenvalue weighted by molar-refractivity contribution is 7.89. The topological polar surface area (TPSA) is 102 Å². The van der Waals surface area contributed by atoms with E-state index in [1.54, 1.807) is 13.0 Å². The van der Waals surface area contributed by atoms with Gasteiger partial charge in [0.05, 0.1) is 11.3 Å². The van der Waals surface area contributed by atoms with Gasteiger partial charge in [0.1, 0.15) is 10.7 Å². The minimum absolute atomic E-state index is 0.217. The molecule has 0 atom stereocenters. The van der Waals surface area contributed by atoms with Gasteiger partial charge in [-0.1, -0.05) is 0 Å². The molecule has 0 fully saturated rings. The average molecular weight is 309 g/mol. The number of primary sulfonamides is 1. The number of nitrogens with two attached hydrogens (primary N) is 1. The number of carbonyl (C=O) groups is 1. The lowest BCUT2D eigenvalue weighted by molar-refractivity contribution is 0.102. The Morgan fingerprint density at radius 1 is 1.33 bits per heavy atom. The summed E-state index contributed by atoms with van der Waals surface area (Å²) in [5.74, 6) is -1.29. The average Bonchev–Trinajstić information content (AvgIpc) is 2.37. The fraction of sp³-hybridized carbons (Fsp3) is 0.0769. The molecule has 0 aliphatic carbocycles. The van der Waals surface area contributed by atoms with Crippen molar-refractivity contribution in [1.82, 2.24) is 4.98 Å². The van der Waals surface area contributed by atoms with Gasteiger partial charge in [0.15, 0.2) is 0 Å². The first-order chi connectivity index (χ1) is 9.79. The Bertz CT molecular complexity index is 806. The summed E-state index contributed by atoms with van der Waals surface area (Å²) in [5.41, 5.74) is 0.497. The van der Waals surface area contributed by atoms with Gasteiger partial charge in [-0.15, -0.1) is 0 Å². The first-order valence-electron chi connectivity index (χ1n) is 5.84. The molecular formula is C13H12FN3O3S. The zero-order chi connectivity index (χ0) is 15.6. The number of sulfonamides is 1. The van der Waals surface area contributed by atoms with E-state index in [0.717, 1.165) is 18.2 Å². The predicted octanol–water partition coefficient (Wildman–Crippen LogP) is 1.43. The summed E-state index contributed by atoms with van der Waals surface area (Å²) < 4.78 is 36.2. The molecule has 1 aromatic heterocycles. The number of carbonyl (C=O) groups excluding carboxylic acids is 1. The van der Waals surface area contributed by atoms with Gasteiger partial charge >= 0.3 is 0 Å². The van der Waals surface area contributed by atoms with Gasteiger partial charge in [0, 0.05) is 11.9 Å². The summed E-state index contributed by atoms with van der Waals surface area (Å²) in [5, 5.41) is 7.38. The van der Waals surface area contributed by atoms with Crippen molar-refractivity contribution in [3.8, 4) is 0 Å². The molecule has 0 spiro atoms. The van der Waals surface area contributed by atoms with Crippen molar-refractivity contribution in [3.63, 3.8) is 0 Å². The fourth-order valence-corrected chi connectivity index (χ4v) is 2.44. The number of pyridine rings is 1. The van der Waals surface area contributed by atoms with Gasteiger partial charge in [-0.05, 0) is 37.3 Å². The van der Waals surface area contributed by atoms with Crippen molar-refractivity contribution in [1.29, 1.82) is 0 Å². The second-order valence-electron chi connectivity index (χ2n) is 4.28. The number of nitrogens with one attached hydrogen (secondary N) is 1. The summed E-state index contributed by atoms with van der Waals surface area (Å²) >= 11 is 0. The SMILES string of the molecule is Cc1ncccc1C(=O)Nc1cc(F)ccc1S(N)(=O)=O. The number of amides is 1. The van der Waals surface area contributed by atoms with Crippen molar-refractivity contribution in [2.75, 3.05) is 5.32 Å². The maximum atomic E-state index is 13.3. The van der Waals surface area contributed by atoms with Gasteiger partial charge in [-0.3, -0.25) is 9.78 Å².